The Bertz CT molecular complexity index is 480. The molecule has 0 heterocycles. The van der Waals surface area contributed by atoms with E-state index in [-0.39, 0.29) is 5.92 Å². The van der Waals surface area contributed by atoms with Crippen LogP contribution in [0.25, 0.3) is 0 Å². The van der Waals surface area contributed by atoms with Crippen molar-refractivity contribution in [1.29, 1.82) is 0 Å². The van der Waals surface area contributed by atoms with Gasteiger partial charge in [0.2, 0.25) is 11.8 Å². The van der Waals surface area contributed by atoms with Crippen molar-refractivity contribution in [2.24, 2.45) is 11.5 Å². The maximum absolute atomic E-state index is 10.8. The smallest absolute Gasteiger partial charge is 0.241 e. The molecule has 1 rings (SSSR count). The van der Waals surface area contributed by atoms with Gasteiger partial charge in [-0.05, 0) is 24.6 Å². The number of allylic oxidation sites excluding steroid dienone is 2. The van der Waals surface area contributed by atoms with Gasteiger partial charge in [0.1, 0.15) is 0 Å². The highest BCUT2D eigenvalue weighted by molar-refractivity contribution is 5.87. The fraction of sp³-hybridized carbons (Fsp3) is 0.143. The summed E-state index contributed by atoms with van der Waals surface area (Å²) in [5.74, 6) is -1.26. The van der Waals surface area contributed by atoms with Gasteiger partial charge in [-0.2, -0.15) is 0 Å². The molecule has 0 radical (unpaired) electrons. The fourth-order valence-corrected chi connectivity index (χ4v) is 1.56. The fourth-order valence-electron chi connectivity index (χ4n) is 1.56. The second kappa shape index (κ2) is 6.39. The minimum atomic E-state index is -0.528. The topological polar surface area (TPSA) is 86.2 Å². The van der Waals surface area contributed by atoms with Gasteiger partial charge < -0.3 is 11.5 Å². The third kappa shape index (κ3) is 4.65. The number of amides is 2. The molecular weight excluding hydrogens is 228 g/mol. The number of hydrogen-bond donors (Lipinski definition) is 2. The molecule has 0 aliphatic carbocycles. The lowest BCUT2D eigenvalue weighted by Gasteiger charge is -2.08. The number of aryl methyl sites for hydroxylation is 1. The van der Waals surface area contributed by atoms with Crippen molar-refractivity contribution in [3.63, 3.8) is 0 Å². The van der Waals surface area contributed by atoms with E-state index in [0.29, 0.717) is 0 Å². The van der Waals surface area contributed by atoms with E-state index in [2.05, 4.69) is 0 Å². The quantitative estimate of drug-likeness (QED) is 0.761. The Hall–Kier alpha value is -2.36. The maximum Gasteiger partial charge on any atom is 0.241 e. The lowest BCUT2D eigenvalue weighted by Crippen LogP contribution is -2.08. The molecule has 1 aromatic carbocycles. The number of rotatable bonds is 5. The van der Waals surface area contributed by atoms with E-state index >= 15 is 0 Å². The van der Waals surface area contributed by atoms with Crippen LogP contribution in [0.2, 0.25) is 0 Å². The van der Waals surface area contributed by atoms with Gasteiger partial charge >= 0.3 is 0 Å². The molecule has 0 aliphatic rings. The molecule has 4 heteroatoms. The highest BCUT2D eigenvalue weighted by Crippen LogP contribution is 2.20. The van der Waals surface area contributed by atoms with Crippen LogP contribution in [0.4, 0.5) is 0 Å². The molecule has 0 unspecified atom stereocenters. The van der Waals surface area contributed by atoms with Crippen LogP contribution < -0.4 is 11.5 Å². The molecule has 0 fully saturated rings. The molecule has 2 amide bonds. The number of primary amides is 2. The molecule has 0 aromatic heterocycles. The number of carbonyl (C=O) groups excluding carboxylic acids is 2. The molecule has 0 aliphatic heterocycles. The molecule has 0 saturated carbocycles. The van der Waals surface area contributed by atoms with Crippen LogP contribution in [0.1, 0.15) is 17.0 Å². The van der Waals surface area contributed by atoms with Crippen LogP contribution in [-0.4, -0.2) is 11.8 Å². The summed E-state index contributed by atoms with van der Waals surface area (Å²) in [4.78, 5) is 21.5. The first-order chi connectivity index (χ1) is 8.49. The molecule has 0 atom stereocenters. The van der Waals surface area contributed by atoms with E-state index in [1.807, 2.05) is 31.2 Å². The Kier molecular flexibility index (Phi) is 4.87. The molecule has 4 nitrogen and oxygen atoms in total. The lowest BCUT2D eigenvalue weighted by molar-refractivity contribution is -0.114. The number of hydrogen-bond acceptors (Lipinski definition) is 2. The minimum absolute atomic E-state index is 0.204. The minimum Gasteiger partial charge on any atom is -0.366 e. The number of benzene rings is 1. The van der Waals surface area contributed by atoms with Crippen molar-refractivity contribution in [3.05, 3.63) is 59.7 Å². The van der Waals surface area contributed by atoms with Gasteiger partial charge in [0.15, 0.2) is 0 Å². The highest BCUT2D eigenvalue weighted by Gasteiger charge is 2.05. The molecule has 0 bridgehead atoms. The zero-order chi connectivity index (χ0) is 13.5. The maximum atomic E-state index is 10.8. The van der Waals surface area contributed by atoms with E-state index in [4.69, 9.17) is 11.5 Å². The summed E-state index contributed by atoms with van der Waals surface area (Å²) in [6.07, 6.45) is 5.82. The van der Waals surface area contributed by atoms with Crippen LogP contribution in [0.5, 0.6) is 0 Å². The zero-order valence-electron chi connectivity index (χ0n) is 10.2. The number of nitrogens with two attached hydrogens (primary N) is 2. The van der Waals surface area contributed by atoms with E-state index in [1.54, 1.807) is 12.2 Å². The van der Waals surface area contributed by atoms with Crippen LogP contribution in [0.15, 0.2) is 48.6 Å². The van der Waals surface area contributed by atoms with Crippen molar-refractivity contribution in [1.82, 2.24) is 0 Å². The summed E-state index contributed by atoms with van der Waals surface area (Å²) in [6.45, 7) is 1.97. The van der Waals surface area contributed by atoms with E-state index in [0.717, 1.165) is 11.1 Å². The van der Waals surface area contributed by atoms with Crippen molar-refractivity contribution >= 4 is 11.8 Å². The monoisotopic (exact) mass is 244 g/mol. The summed E-state index contributed by atoms with van der Waals surface area (Å²) in [7, 11) is 0. The standard InChI is InChI=1S/C14H16N2O2/c1-10-3-2-4-12(9-10)11(5-7-13(15)17)6-8-14(16)18/h2-9,11H,1H3,(H2,15,17)(H2,16,18). The summed E-state index contributed by atoms with van der Waals surface area (Å²) in [5, 5.41) is 0. The molecule has 0 spiro atoms. The Morgan fingerprint density at radius 1 is 1.11 bits per heavy atom. The van der Waals surface area contributed by atoms with Gasteiger partial charge in [-0.15, -0.1) is 0 Å². The van der Waals surface area contributed by atoms with Crippen LogP contribution in [0.3, 0.4) is 0 Å². The van der Waals surface area contributed by atoms with Gasteiger partial charge in [-0.25, -0.2) is 0 Å². The molecular formula is C14H16N2O2. The molecule has 94 valence electrons. The third-order valence-corrected chi connectivity index (χ3v) is 2.36. The van der Waals surface area contributed by atoms with Gasteiger partial charge in [-0.1, -0.05) is 42.0 Å². The van der Waals surface area contributed by atoms with Gasteiger partial charge in [-0.3, -0.25) is 9.59 Å². The molecule has 0 saturated heterocycles. The highest BCUT2D eigenvalue weighted by atomic mass is 16.1. The zero-order valence-corrected chi connectivity index (χ0v) is 10.2. The van der Waals surface area contributed by atoms with Crippen LogP contribution >= 0.6 is 0 Å². The predicted molar refractivity (Wildman–Crippen MR) is 70.6 cm³/mol. The summed E-state index contributed by atoms with van der Waals surface area (Å²) in [6, 6.07) is 7.76. The third-order valence-electron chi connectivity index (χ3n) is 2.36. The second-order valence-electron chi connectivity index (χ2n) is 3.96. The van der Waals surface area contributed by atoms with E-state index in [9.17, 15) is 9.59 Å². The van der Waals surface area contributed by atoms with Crippen molar-refractivity contribution in [3.8, 4) is 0 Å². The van der Waals surface area contributed by atoms with Gasteiger partial charge in [0, 0.05) is 5.92 Å². The predicted octanol–water partition coefficient (Wildman–Crippen LogP) is 1.16. The Morgan fingerprint density at radius 2 is 1.67 bits per heavy atom. The first-order valence-electron chi connectivity index (χ1n) is 5.51. The summed E-state index contributed by atoms with van der Waals surface area (Å²) >= 11 is 0. The average Bonchev–Trinajstić information content (AvgIpc) is 2.28. The number of carbonyl (C=O) groups is 2. The largest absolute Gasteiger partial charge is 0.366 e. The van der Waals surface area contributed by atoms with Crippen molar-refractivity contribution in [2.45, 2.75) is 12.8 Å². The van der Waals surface area contributed by atoms with Crippen LogP contribution in [0, 0.1) is 6.92 Å². The Labute approximate surface area is 106 Å². The summed E-state index contributed by atoms with van der Waals surface area (Å²) < 4.78 is 0. The first kappa shape index (κ1) is 13.7. The van der Waals surface area contributed by atoms with E-state index in [1.165, 1.54) is 12.2 Å². The molecule has 18 heavy (non-hydrogen) atoms. The van der Waals surface area contributed by atoms with Gasteiger partial charge in [0.25, 0.3) is 0 Å². The van der Waals surface area contributed by atoms with E-state index < -0.39 is 11.8 Å². The lowest BCUT2D eigenvalue weighted by atomic mass is 9.96. The van der Waals surface area contributed by atoms with Gasteiger partial charge in [0.05, 0.1) is 0 Å². The summed E-state index contributed by atoms with van der Waals surface area (Å²) in [5.41, 5.74) is 12.2. The first-order valence-corrected chi connectivity index (χ1v) is 5.51. The average molecular weight is 244 g/mol. The molecule has 4 N–H and O–H groups in total. The van der Waals surface area contributed by atoms with Crippen LogP contribution in [-0.2, 0) is 9.59 Å². The van der Waals surface area contributed by atoms with Crippen molar-refractivity contribution in [2.75, 3.05) is 0 Å². The normalized spacial score (nSPS) is 12.9. The van der Waals surface area contributed by atoms with Crippen molar-refractivity contribution < 1.29 is 9.59 Å². The molecule has 1 aromatic rings. The SMILES string of the molecule is Cc1cccc(C(C=CC(N)=O)C=CC(N)=O)c1. The second-order valence-corrected chi connectivity index (χ2v) is 3.96. The Balaban J connectivity index is 3.03. The Morgan fingerprint density at radius 3 is 2.11 bits per heavy atom.